The first-order valence-electron chi connectivity index (χ1n) is 7.07. The standard InChI is InChI=1S/C16H24N2O4/c1-16(2,3)22-15(20)18(14(19)13(17)11-21-4)10-12-8-6-5-7-9-12/h5-9,13H,10-11,17H2,1-4H3/t13-/m1/s1. The highest BCUT2D eigenvalue weighted by Gasteiger charge is 2.30. The van der Waals surface area contributed by atoms with Gasteiger partial charge in [0, 0.05) is 7.11 Å². The molecule has 0 fully saturated rings. The second-order valence-electron chi connectivity index (χ2n) is 5.95. The van der Waals surface area contributed by atoms with Crippen molar-refractivity contribution in [2.75, 3.05) is 13.7 Å². The van der Waals surface area contributed by atoms with Gasteiger partial charge in [-0.1, -0.05) is 30.3 Å². The molecule has 6 nitrogen and oxygen atoms in total. The number of nitrogens with zero attached hydrogens (tertiary/aromatic N) is 1. The molecule has 122 valence electrons. The van der Waals surface area contributed by atoms with Crippen LogP contribution in [-0.2, 0) is 20.8 Å². The van der Waals surface area contributed by atoms with Gasteiger partial charge in [-0.25, -0.2) is 9.69 Å². The van der Waals surface area contributed by atoms with E-state index in [9.17, 15) is 9.59 Å². The van der Waals surface area contributed by atoms with E-state index in [1.54, 1.807) is 20.8 Å². The van der Waals surface area contributed by atoms with Crippen LogP contribution in [0.25, 0.3) is 0 Å². The summed E-state index contributed by atoms with van der Waals surface area (Å²) in [4.78, 5) is 25.7. The Balaban J connectivity index is 2.94. The van der Waals surface area contributed by atoms with Crippen LogP contribution in [0, 0.1) is 0 Å². The van der Waals surface area contributed by atoms with Crippen LogP contribution in [0.5, 0.6) is 0 Å². The van der Waals surface area contributed by atoms with E-state index in [1.807, 2.05) is 30.3 Å². The molecule has 2 N–H and O–H groups in total. The number of imide groups is 1. The van der Waals surface area contributed by atoms with Crippen molar-refractivity contribution >= 4 is 12.0 Å². The second-order valence-corrected chi connectivity index (χ2v) is 5.95. The molecule has 0 aliphatic heterocycles. The van der Waals surface area contributed by atoms with E-state index in [4.69, 9.17) is 15.2 Å². The third-order valence-electron chi connectivity index (χ3n) is 2.73. The first-order valence-corrected chi connectivity index (χ1v) is 7.07. The molecule has 1 rings (SSSR count). The molecule has 0 radical (unpaired) electrons. The summed E-state index contributed by atoms with van der Waals surface area (Å²) >= 11 is 0. The number of nitrogens with two attached hydrogens (primary N) is 1. The van der Waals surface area contributed by atoms with Crippen molar-refractivity contribution in [3.63, 3.8) is 0 Å². The van der Waals surface area contributed by atoms with Crippen LogP contribution in [0.2, 0.25) is 0 Å². The SMILES string of the molecule is COC[C@@H](N)C(=O)N(Cc1ccccc1)C(=O)OC(C)(C)C. The fourth-order valence-corrected chi connectivity index (χ4v) is 1.77. The molecule has 22 heavy (non-hydrogen) atoms. The lowest BCUT2D eigenvalue weighted by molar-refractivity contribution is -0.133. The molecular weight excluding hydrogens is 284 g/mol. The number of methoxy groups -OCH3 is 1. The molecule has 0 saturated heterocycles. The monoisotopic (exact) mass is 308 g/mol. The fraction of sp³-hybridized carbons (Fsp3) is 0.500. The molecule has 0 aromatic heterocycles. The van der Waals surface area contributed by atoms with Crippen molar-refractivity contribution in [1.29, 1.82) is 0 Å². The zero-order valence-corrected chi connectivity index (χ0v) is 13.5. The Morgan fingerprint density at radius 1 is 1.23 bits per heavy atom. The minimum Gasteiger partial charge on any atom is -0.443 e. The summed E-state index contributed by atoms with van der Waals surface area (Å²) in [7, 11) is 1.45. The Kier molecular flexibility index (Phi) is 6.52. The van der Waals surface area contributed by atoms with E-state index in [0.717, 1.165) is 10.5 Å². The van der Waals surface area contributed by atoms with Crippen molar-refractivity contribution in [1.82, 2.24) is 4.90 Å². The minimum absolute atomic E-state index is 0.0346. The van der Waals surface area contributed by atoms with Gasteiger partial charge in [0.15, 0.2) is 0 Å². The lowest BCUT2D eigenvalue weighted by atomic mass is 10.2. The molecule has 0 saturated carbocycles. The van der Waals surface area contributed by atoms with Crippen molar-refractivity contribution in [3.8, 4) is 0 Å². The number of hydrogen-bond acceptors (Lipinski definition) is 5. The highest BCUT2D eigenvalue weighted by Crippen LogP contribution is 2.13. The van der Waals surface area contributed by atoms with Crippen LogP contribution in [0.4, 0.5) is 4.79 Å². The number of ether oxygens (including phenoxy) is 2. The quantitative estimate of drug-likeness (QED) is 0.898. The smallest absolute Gasteiger partial charge is 0.417 e. The highest BCUT2D eigenvalue weighted by atomic mass is 16.6. The Hall–Kier alpha value is -1.92. The number of hydrogen-bond donors (Lipinski definition) is 1. The number of benzene rings is 1. The van der Waals surface area contributed by atoms with E-state index in [0.29, 0.717) is 0 Å². The topological polar surface area (TPSA) is 81.9 Å². The summed E-state index contributed by atoms with van der Waals surface area (Å²) in [6.07, 6.45) is -0.715. The third-order valence-corrected chi connectivity index (χ3v) is 2.73. The van der Waals surface area contributed by atoms with Gasteiger partial charge in [0.2, 0.25) is 0 Å². The fourth-order valence-electron chi connectivity index (χ4n) is 1.77. The number of carbonyl (C=O) groups is 2. The number of rotatable bonds is 5. The highest BCUT2D eigenvalue weighted by molar-refractivity contribution is 5.95. The zero-order chi connectivity index (χ0) is 16.8. The number of carbonyl (C=O) groups excluding carboxylic acids is 2. The summed E-state index contributed by atoms with van der Waals surface area (Å²) < 4.78 is 10.2. The molecular formula is C16H24N2O4. The lowest BCUT2D eigenvalue weighted by Gasteiger charge is -2.27. The van der Waals surface area contributed by atoms with Crippen LogP contribution in [-0.4, -0.2) is 42.3 Å². The van der Waals surface area contributed by atoms with Gasteiger partial charge in [0.25, 0.3) is 5.91 Å². The van der Waals surface area contributed by atoms with Gasteiger partial charge < -0.3 is 15.2 Å². The van der Waals surface area contributed by atoms with E-state index >= 15 is 0 Å². The van der Waals surface area contributed by atoms with Gasteiger partial charge in [-0.05, 0) is 26.3 Å². The molecule has 1 aromatic rings. The van der Waals surface area contributed by atoms with Gasteiger partial charge in [0.1, 0.15) is 11.6 Å². The Morgan fingerprint density at radius 3 is 2.32 bits per heavy atom. The predicted molar refractivity (Wildman–Crippen MR) is 83.1 cm³/mol. The zero-order valence-electron chi connectivity index (χ0n) is 13.5. The average Bonchev–Trinajstić information content (AvgIpc) is 2.43. The van der Waals surface area contributed by atoms with Crippen molar-refractivity contribution in [2.24, 2.45) is 5.73 Å². The van der Waals surface area contributed by atoms with E-state index in [2.05, 4.69) is 0 Å². The summed E-state index contributed by atoms with van der Waals surface area (Å²) in [6.45, 7) is 5.36. The molecule has 0 aliphatic carbocycles. The van der Waals surface area contributed by atoms with Crippen LogP contribution in [0.1, 0.15) is 26.3 Å². The molecule has 2 amide bonds. The summed E-state index contributed by atoms with van der Waals surface area (Å²) in [5.41, 5.74) is 5.87. The van der Waals surface area contributed by atoms with E-state index in [-0.39, 0.29) is 13.2 Å². The number of amides is 2. The van der Waals surface area contributed by atoms with Crippen LogP contribution in [0.3, 0.4) is 0 Å². The van der Waals surface area contributed by atoms with Crippen LogP contribution < -0.4 is 5.73 Å². The molecule has 1 atom stereocenters. The van der Waals surface area contributed by atoms with E-state index in [1.165, 1.54) is 7.11 Å². The van der Waals surface area contributed by atoms with Crippen LogP contribution >= 0.6 is 0 Å². The maximum Gasteiger partial charge on any atom is 0.417 e. The van der Waals surface area contributed by atoms with Crippen molar-refractivity contribution in [2.45, 2.75) is 39.0 Å². The maximum atomic E-state index is 12.4. The summed E-state index contributed by atoms with van der Waals surface area (Å²) in [6, 6.07) is 8.27. The summed E-state index contributed by atoms with van der Waals surface area (Å²) in [5.74, 6) is -0.528. The largest absolute Gasteiger partial charge is 0.443 e. The molecule has 0 spiro atoms. The van der Waals surface area contributed by atoms with Crippen molar-refractivity contribution in [3.05, 3.63) is 35.9 Å². The molecule has 6 heteroatoms. The maximum absolute atomic E-state index is 12.4. The molecule has 0 aliphatic rings. The third kappa shape index (κ3) is 5.83. The normalized spacial score (nSPS) is 12.6. The lowest BCUT2D eigenvalue weighted by Crippen LogP contribution is -2.49. The Labute approximate surface area is 131 Å². The molecule has 0 heterocycles. The average molecular weight is 308 g/mol. The van der Waals surface area contributed by atoms with Gasteiger partial charge in [-0.2, -0.15) is 0 Å². The van der Waals surface area contributed by atoms with E-state index < -0.39 is 23.6 Å². The first-order chi connectivity index (χ1) is 10.2. The Morgan fingerprint density at radius 2 is 1.82 bits per heavy atom. The first kappa shape index (κ1) is 18.1. The summed E-state index contributed by atoms with van der Waals surface area (Å²) in [5, 5.41) is 0. The van der Waals surface area contributed by atoms with Crippen molar-refractivity contribution < 1.29 is 19.1 Å². The second kappa shape index (κ2) is 7.91. The van der Waals surface area contributed by atoms with Gasteiger partial charge in [0.05, 0.1) is 13.2 Å². The van der Waals surface area contributed by atoms with Crippen LogP contribution in [0.15, 0.2) is 30.3 Å². The molecule has 0 bridgehead atoms. The minimum atomic E-state index is -0.916. The van der Waals surface area contributed by atoms with Gasteiger partial charge in [-0.15, -0.1) is 0 Å². The van der Waals surface area contributed by atoms with Gasteiger partial charge >= 0.3 is 6.09 Å². The Bertz CT molecular complexity index is 497. The molecule has 0 unspecified atom stereocenters. The van der Waals surface area contributed by atoms with Gasteiger partial charge in [-0.3, -0.25) is 4.79 Å². The molecule has 1 aromatic carbocycles. The predicted octanol–water partition coefficient (Wildman–Crippen LogP) is 1.92.